The van der Waals surface area contributed by atoms with E-state index in [1.165, 1.54) is 0 Å². The molecule has 1 atom stereocenters. The zero-order chi connectivity index (χ0) is 16.2. The number of amides is 1. The van der Waals surface area contributed by atoms with Crippen molar-refractivity contribution in [2.45, 2.75) is 18.9 Å². The van der Waals surface area contributed by atoms with Crippen LogP contribution in [-0.4, -0.2) is 30.0 Å². The van der Waals surface area contributed by atoms with E-state index in [-0.39, 0.29) is 11.6 Å². The third kappa shape index (κ3) is 3.64. The van der Waals surface area contributed by atoms with Gasteiger partial charge in [-0.15, -0.1) is 0 Å². The Morgan fingerprint density at radius 1 is 1.26 bits per heavy atom. The Morgan fingerprint density at radius 2 is 2.13 bits per heavy atom. The van der Waals surface area contributed by atoms with Gasteiger partial charge in [0.1, 0.15) is 17.5 Å². The highest BCUT2D eigenvalue weighted by atomic mass is 19.1. The highest BCUT2D eigenvalue weighted by molar-refractivity contribution is 5.94. The van der Waals surface area contributed by atoms with E-state index in [0.29, 0.717) is 6.54 Å². The van der Waals surface area contributed by atoms with Gasteiger partial charge in [-0.3, -0.25) is 4.79 Å². The van der Waals surface area contributed by atoms with Crippen molar-refractivity contribution in [1.82, 2.24) is 10.3 Å². The van der Waals surface area contributed by atoms with Crippen LogP contribution >= 0.6 is 0 Å². The zero-order valence-corrected chi connectivity index (χ0v) is 12.5. The minimum absolute atomic E-state index is 0.124. The lowest BCUT2D eigenvalue weighted by molar-refractivity contribution is 0.0928. The van der Waals surface area contributed by atoms with E-state index < -0.39 is 17.5 Å². The molecule has 1 N–H and O–H groups in total. The highest BCUT2D eigenvalue weighted by Crippen LogP contribution is 2.18. The Bertz CT molecular complexity index is 693. The number of hydrogen-bond acceptors (Lipinski definition) is 3. The third-order valence-corrected chi connectivity index (χ3v) is 3.90. The number of pyridine rings is 1. The summed E-state index contributed by atoms with van der Waals surface area (Å²) in [4.78, 5) is 18.6. The van der Waals surface area contributed by atoms with Gasteiger partial charge in [0, 0.05) is 25.3 Å². The van der Waals surface area contributed by atoms with Crippen molar-refractivity contribution in [3.8, 4) is 0 Å². The average molecular weight is 317 g/mol. The van der Waals surface area contributed by atoms with Crippen LogP contribution in [0.2, 0.25) is 0 Å². The number of anilines is 1. The predicted molar refractivity (Wildman–Crippen MR) is 83.3 cm³/mol. The van der Waals surface area contributed by atoms with E-state index >= 15 is 0 Å². The lowest BCUT2D eigenvalue weighted by Gasteiger charge is -2.34. The molecular formula is C17H17F2N3O. The predicted octanol–water partition coefficient (Wildman–Crippen LogP) is 2.76. The number of piperidine rings is 1. The SMILES string of the molecule is O=C(N[C@@H]1CCCN(c2ccccn2)C1)c1cc(F)ccc1F. The van der Waals surface area contributed by atoms with Crippen LogP contribution in [0.5, 0.6) is 0 Å². The van der Waals surface area contributed by atoms with Gasteiger partial charge in [-0.1, -0.05) is 6.07 Å². The fourth-order valence-electron chi connectivity index (χ4n) is 2.78. The summed E-state index contributed by atoms with van der Waals surface area (Å²) in [6.07, 6.45) is 3.42. The lowest BCUT2D eigenvalue weighted by atomic mass is 10.0. The van der Waals surface area contributed by atoms with Crippen LogP contribution < -0.4 is 10.2 Å². The van der Waals surface area contributed by atoms with E-state index in [9.17, 15) is 13.6 Å². The largest absolute Gasteiger partial charge is 0.355 e. The van der Waals surface area contributed by atoms with Crippen molar-refractivity contribution in [3.05, 3.63) is 59.8 Å². The second-order valence-corrected chi connectivity index (χ2v) is 5.57. The van der Waals surface area contributed by atoms with Gasteiger partial charge in [0.15, 0.2) is 0 Å². The molecule has 120 valence electrons. The van der Waals surface area contributed by atoms with E-state index in [4.69, 9.17) is 0 Å². The molecule has 2 heterocycles. The highest BCUT2D eigenvalue weighted by Gasteiger charge is 2.23. The summed E-state index contributed by atoms with van der Waals surface area (Å²) < 4.78 is 26.9. The number of rotatable bonds is 3. The van der Waals surface area contributed by atoms with Crippen molar-refractivity contribution in [3.63, 3.8) is 0 Å². The number of nitrogens with zero attached hydrogens (tertiary/aromatic N) is 2. The molecule has 2 aromatic rings. The Balaban J connectivity index is 1.68. The van der Waals surface area contributed by atoms with Crippen LogP contribution in [0.3, 0.4) is 0 Å². The number of halogens is 2. The summed E-state index contributed by atoms with van der Waals surface area (Å²) in [5.74, 6) is -1.09. The maximum atomic E-state index is 13.7. The van der Waals surface area contributed by atoms with E-state index in [1.54, 1.807) is 6.20 Å². The van der Waals surface area contributed by atoms with Gasteiger partial charge in [0.05, 0.1) is 5.56 Å². The average Bonchev–Trinajstić information content (AvgIpc) is 2.58. The molecule has 1 aliphatic rings. The first kappa shape index (κ1) is 15.4. The molecule has 0 unspecified atom stereocenters. The number of hydrogen-bond donors (Lipinski definition) is 1. The van der Waals surface area contributed by atoms with E-state index in [1.807, 2.05) is 18.2 Å². The standard InChI is InChI=1S/C17H17F2N3O/c18-12-6-7-15(19)14(10-12)17(23)21-13-4-3-9-22(11-13)16-5-1-2-8-20-16/h1-2,5-8,10,13H,3-4,9,11H2,(H,21,23)/t13-/m1/s1. The molecule has 0 spiro atoms. The molecule has 0 saturated carbocycles. The monoisotopic (exact) mass is 317 g/mol. The van der Waals surface area contributed by atoms with Crippen LogP contribution in [0.25, 0.3) is 0 Å². The van der Waals surface area contributed by atoms with E-state index in [0.717, 1.165) is 43.4 Å². The summed E-state index contributed by atoms with van der Waals surface area (Å²) in [5.41, 5.74) is -0.264. The molecule has 1 aromatic carbocycles. The molecule has 6 heteroatoms. The van der Waals surface area contributed by atoms with Crippen molar-refractivity contribution in [2.75, 3.05) is 18.0 Å². The summed E-state index contributed by atoms with van der Waals surface area (Å²) in [7, 11) is 0. The molecule has 4 nitrogen and oxygen atoms in total. The van der Waals surface area contributed by atoms with Gasteiger partial charge < -0.3 is 10.2 Å². The number of aromatic nitrogens is 1. The van der Waals surface area contributed by atoms with Gasteiger partial charge in [-0.05, 0) is 43.2 Å². The van der Waals surface area contributed by atoms with Crippen LogP contribution in [0.4, 0.5) is 14.6 Å². The minimum Gasteiger partial charge on any atom is -0.355 e. The number of carbonyl (C=O) groups is 1. The Morgan fingerprint density at radius 3 is 2.91 bits per heavy atom. The summed E-state index contributed by atoms with van der Waals surface area (Å²) in [6.45, 7) is 1.46. The van der Waals surface area contributed by atoms with Crippen molar-refractivity contribution < 1.29 is 13.6 Å². The quantitative estimate of drug-likeness (QED) is 0.947. The van der Waals surface area contributed by atoms with Gasteiger partial charge in [0.2, 0.25) is 0 Å². The zero-order valence-electron chi connectivity index (χ0n) is 12.5. The van der Waals surface area contributed by atoms with Crippen LogP contribution in [0, 0.1) is 11.6 Å². The van der Waals surface area contributed by atoms with Gasteiger partial charge in [0.25, 0.3) is 5.91 Å². The van der Waals surface area contributed by atoms with Crippen LogP contribution in [-0.2, 0) is 0 Å². The number of benzene rings is 1. The Kier molecular flexibility index (Phi) is 4.50. The molecular weight excluding hydrogens is 300 g/mol. The van der Waals surface area contributed by atoms with Crippen LogP contribution in [0.15, 0.2) is 42.6 Å². The van der Waals surface area contributed by atoms with Gasteiger partial charge in [-0.25, -0.2) is 13.8 Å². The third-order valence-electron chi connectivity index (χ3n) is 3.90. The molecule has 1 saturated heterocycles. The maximum Gasteiger partial charge on any atom is 0.254 e. The molecule has 3 rings (SSSR count). The summed E-state index contributed by atoms with van der Waals surface area (Å²) in [5, 5.41) is 2.79. The number of carbonyl (C=O) groups excluding carboxylic acids is 1. The number of nitrogens with one attached hydrogen (secondary N) is 1. The maximum absolute atomic E-state index is 13.7. The molecule has 1 aliphatic heterocycles. The van der Waals surface area contributed by atoms with Crippen LogP contribution in [0.1, 0.15) is 23.2 Å². The molecule has 1 aromatic heterocycles. The fourth-order valence-corrected chi connectivity index (χ4v) is 2.78. The Labute approximate surface area is 133 Å². The molecule has 1 fully saturated rings. The van der Waals surface area contributed by atoms with Gasteiger partial charge in [-0.2, -0.15) is 0 Å². The summed E-state index contributed by atoms with van der Waals surface area (Å²) >= 11 is 0. The first-order valence-corrected chi connectivity index (χ1v) is 7.55. The smallest absolute Gasteiger partial charge is 0.254 e. The minimum atomic E-state index is -0.721. The van der Waals surface area contributed by atoms with E-state index in [2.05, 4.69) is 15.2 Å². The molecule has 0 radical (unpaired) electrons. The second kappa shape index (κ2) is 6.73. The van der Waals surface area contributed by atoms with Crippen molar-refractivity contribution in [1.29, 1.82) is 0 Å². The molecule has 0 bridgehead atoms. The van der Waals surface area contributed by atoms with Crippen molar-refractivity contribution >= 4 is 11.7 Å². The topological polar surface area (TPSA) is 45.2 Å². The molecule has 23 heavy (non-hydrogen) atoms. The normalized spacial score (nSPS) is 17.8. The molecule has 0 aliphatic carbocycles. The van der Waals surface area contributed by atoms with Gasteiger partial charge >= 0.3 is 0 Å². The first-order chi connectivity index (χ1) is 11.1. The second-order valence-electron chi connectivity index (χ2n) is 5.57. The lowest BCUT2D eigenvalue weighted by Crippen LogP contribution is -2.48. The Hall–Kier alpha value is -2.50. The van der Waals surface area contributed by atoms with Crippen molar-refractivity contribution in [2.24, 2.45) is 0 Å². The fraction of sp³-hybridized carbons (Fsp3) is 0.294. The molecule has 1 amide bonds. The summed E-state index contributed by atoms with van der Waals surface area (Å²) in [6, 6.07) is 8.42. The first-order valence-electron chi connectivity index (χ1n) is 7.55.